The lowest BCUT2D eigenvalue weighted by atomic mass is 10.1. The fraction of sp³-hybridized carbons (Fsp3) is 0.179. The molecule has 4 aromatic rings. The molecule has 4 N–H and O–H groups in total. The highest BCUT2D eigenvalue weighted by atomic mass is 35.5. The lowest BCUT2D eigenvalue weighted by Gasteiger charge is -2.26. The van der Waals surface area contributed by atoms with Gasteiger partial charge in [0.25, 0.3) is 0 Å². The Morgan fingerprint density at radius 3 is 2.59 bits per heavy atom. The zero-order valence-electron chi connectivity index (χ0n) is 20.4. The van der Waals surface area contributed by atoms with E-state index in [1.165, 1.54) is 22.7 Å². The van der Waals surface area contributed by atoms with Crippen LogP contribution in [-0.2, 0) is 16.0 Å². The maximum absolute atomic E-state index is 13.7. The Balaban J connectivity index is 1.35. The van der Waals surface area contributed by atoms with E-state index < -0.39 is 16.5 Å². The third kappa shape index (κ3) is 5.61. The largest absolute Gasteiger partial charge is 0.366 e. The molecule has 5 rings (SSSR count). The number of fused-ring (bicyclic) bond motifs is 1. The third-order valence-electron chi connectivity index (χ3n) is 6.53. The molecule has 0 spiro atoms. The molecule has 0 radical (unpaired) electrons. The summed E-state index contributed by atoms with van der Waals surface area (Å²) < 4.78 is 0. The van der Waals surface area contributed by atoms with E-state index in [2.05, 4.69) is 10.3 Å². The smallest absolute Gasteiger partial charge is 0.250 e. The Morgan fingerprint density at radius 1 is 1.03 bits per heavy atom. The highest BCUT2D eigenvalue weighted by Gasteiger charge is 2.44. The minimum atomic E-state index is -0.710. The number of amides is 3. The van der Waals surface area contributed by atoms with Crippen molar-refractivity contribution in [3.63, 3.8) is 0 Å². The topological polar surface area (TPSA) is 108 Å². The number of primary amides is 1. The number of rotatable bonds is 8. The molecule has 0 bridgehead atoms. The summed E-state index contributed by atoms with van der Waals surface area (Å²) in [5.74, 6) is -1.27. The van der Waals surface area contributed by atoms with Crippen LogP contribution in [0.15, 0.2) is 66.9 Å². The average molecular weight is 602 g/mol. The summed E-state index contributed by atoms with van der Waals surface area (Å²) in [6.07, 6.45) is 2.56. The number of aromatic amines is 1. The molecule has 1 aliphatic rings. The molecule has 7 nitrogen and oxygen atoms in total. The zero-order chi connectivity index (χ0) is 27.7. The van der Waals surface area contributed by atoms with E-state index in [1.807, 2.05) is 30.5 Å². The minimum absolute atomic E-state index is 0.0289. The van der Waals surface area contributed by atoms with E-state index in [-0.39, 0.29) is 28.8 Å². The van der Waals surface area contributed by atoms with Crippen LogP contribution >= 0.6 is 46.6 Å². The lowest BCUT2D eigenvalue weighted by molar-refractivity contribution is -0.124. The van der Waals surface area contributed by atoms with Gasteiger partial charge in [0.2, 0.25) is 17.7 Å². The number of nitrogens with one attached hydrogen (secondary N) is 2. The lowest BCUT2D eigenvalue weighted by Crippen LogP contribution is -2.35. The Hall–Kier alpha value is -3.17. The highest BCUT2D eigenvalue weighted by molar-refractivity contribution is 8.01. The summed E-state index contributed by atoms with van der Waals surface area (Å²) >= 11 is 20.2. The fourth-order valence-electron chi connectivity index (χ4n) is 4.63. The van der Waals surface area contributed by atoms with Gasteiger partial charge in [-0.05, 0) is 47.9 Å². The van der Waals surface area contributed by atoms with E-state index in [1.54, 1.807) is 30.3 Å². The molecule has 0 unspecified atom stereocenters. The summed E-state index contributed by atoms with van der Waals surface area (Å²) in [5, 5.41) is 3.57. The molecule has 39 heavy (non-hydrogen) atoms. The molecule has 2 heterocycles. The van der Waals surface area contributed by atoms with Crippen molar-refractivity contribution in [3.05, 3.63) is 98.6 Å². The number of hydrogen-bond donors (Lipinski definition) is 3. The molecule has 3 amide bonds. The van der Waals surface area contributed by atoms with Gasteiger partial charge >= 0.3 is 0 Å². The number of halogens is 3. The van der Waals surface area contributed by atoms with E-state index in [0.717, 1.165) is 16.5 Å². The summed E-state index contributed by atoms with van der Waals surface area (Å²) in [6, 6.07) is 17.8. The number of nitrogens with zero attached hydrogens (tertiary/aromatic N) is 1. The minimum Gasteiger partial charge on any atom is -0.366 e. The van der Waals surface area contributed by atoms with Crippen LogP contribution in [0, 0.1) is 0 Å². The van der Waals surface area contributed by atoms with Crippen molar-refractivity contribution in [2.75, 3.05) is 11.4 Å². The van der Waals surface area contributed by atoms with Gasteiger partial charge in [-0.15, -0.1) is 11.8 Å². The summed E-state index contributed by atoms with van der Waals surface area (Å²) in [7, 11) is 0. The Labute approximate surface area is 244 Å². The van der Waals surface area contributed by atoms with E-state index in [0.29, 0.717) is 34.3 Å². The van der Waals surface area contributed by atoms with Crippen molar-refractivity contribution in [2.45, 2.75) is 23.5 Å². The van der Waals surface area contributed by atoms with Crippen LogP contribution in [-0.4, -0.2) is 34.5 Å². The molecule has 1 saturated heterocycles. The van der Waals surface area contributed by atoms with Gasteiger partial charge in [-0.25, -0.2) is 0 Å². The number of hydrogen-bond acceptors (Lipinski definition) is 4. The van der Waals surface area contributed by atoms with Crippen molar-refractivity contribution < 1.29 is 14.4 Å². The van der Waals surface area contributed by atoms with Crippen molar-refractivity contribution >= 4 is 80.9 Å². The molecule has 1 fully saturated rings. The standard InChI is InChI=1S/C28H23Cl3N4O3S/c29-19-9-8-15(12-20(19)30)28-35(22-7-3-5-18(25(22)31)26(32)37)27(38)23(39-28)13-24(36)33-11-10-16-14-34-21-6-2-1-4-17(16)21/h1-9,12,14,23,28,34H,10-11,13H2,(H2,32,37)(H,33,36)/t23-,28+/m1/s1. The molecule has 11 heteroatoms. The van der Waals surface area contributed by atoms with Crippen molar-refractivity contribution in [1.82, 2.24) is 10.3 Å². The van der Waals surface area contributed by atoms with Gasteiger partial charge in [-0.3, -0.25) is 19.3 Å². The first-order valence-corrected chi connectivity index (χ1v) is 14.2. The molecule has 3 aromatic carbocycles. The van der Waals surface area contributed by atoms with Crippen molar-refractivity contribution in [1.29, 1.82) is 0 Å². The zero-order valence-corrected chi connectivity index (χ0v) is 23.5. The van der Waals surface area contributed by atoms with Crippen LogP contribution in [0.5, 0.6) is 0 Å². The predicted molar refractivity (Wildman–Crippen MR) is 158 cm³/mol. The van der Waals surface area contributed by atoms with Gasteiger partial charge in [0, 0.05) is 30.1 Å². The molecule has 1 aromatic heterocycles. The number of thioether (sulfide) groups is 1. The molecule has 1 aliphatic heterocycles. The number of nitrogens with two attached hydrogens (primary N) is 1. The number of benzene rings is 3. The number of para-hydroxylation sites is 1. The quantitative estimate of drug-likeness (QED) is 0.226. The van der Waals surface area contributed by atoms with E-state index in [9.17, 15) is 14.4 Å². The van der Waals surface area contributed by atoms with Crippen LogP contribution < -0.4 is 16.0 Å². The summed E-state index contributed by atoms with van der Waals surface area (Å²) in [4.78, 5) is 43.2. The SMILES string of the molecule is NC(=O)c1cccc(N2C(=O)[C@@H](CC(=O)NCCc3c[nH]c4ccccc34)S[C@H]2c2ccc(Cl)c(Cl)c2)c1Cl. The molecular weight excluding hydrogens is 579 g/mol. The highest BCUT2D eigenvalue weighted by Crippen LogP contribution is 2.49. The molecule has 2 atom stereocenters. The van der Waals surface area contributed by atoms with Crippen LogP contribution in [0.25, 0.3) is 10.9 Å². The van der Waals surface area contributed by atoms with Gasteiger partial charge in [0.1, 0.15) is 5.37 Å². The first-order valence-electron chi connectivity index (χ1n) is 12.1. The third-order valence-corrected chi connectivity index (χ3v) is 9.11. The Bertz CT molecular complexity index is 1590. The van der Waals surface area contributed by atoms with E-state index in [4.69, 9.17) is 40.5 Å². The molecule has 0 aliphatic carbocycles. The number of carbonyl (C=O) groups excluding carboxylic acids is 3. The second-order valence-corrected chi connectivity index (χ2v) is 11.5. The Morgan fingerprint density at radius 2 is 1.82 bits per heavy atom. The summed E-state index contributed by atoms with van der Waals surface area (Å²) in [5.41, 5.74) is 8.75. The van der Waals surface area contributed by atoms with Crippen LogP contribution in [0.1, 0.15) is 33.3 Å². The van der Waals surface area contributed by atoms with E-state index >= 15 is 0 Å². The van der Waals surface area contributed by atoms with Crippen molar-refractivity contribution in [2.24, 2.45) is 5.73 Å². The normalized spacial score (nSPS) is 17.1. The van der Waals surface area contributed by atoms with Crippen LogP contribution in [0.4, 0.5) is 5.69 Å². The van der Waals surface area contributed by atoms with Gasteiger partial charge < -0.3 is 16.0 Å². The second kappa shape index (κ2) is 11.5. The molecule has 200 valence electrons. The first kappa shape index (κ1) is 27.4. The number of carbonyl (C=O) groups is 3. The van der Waals surface area contributed by atoms with Crippen LogP contribution in [0.3, 0.4) is 0 Å². The van der Waals surface area contributed by atoms with Crippen LogP contribution in [0.2, 0.25) is 15.1 Å². The number of aromatic nitrogens is 1. The molecule has 0 saturated carbocycles. The van der Waals surface area contributed by atoms with Gasteiger partial charge in [-0.1, -0.05) is 65.1 Å². The van der Waals surface area contributed by atoms with Gasteiger partial charge in [0.15, 0.2) is 0 Å². The Kier molecular flexibility index (Phi) is 8.09. The second-order valence-electron chi connectivity index (χ2n) is 9.03. The summed E-state index contributed by atoms with van der Waals surface area (Å²) in [6.45, 7) is 0.429. The first-order chi connectivity index (χ1) is 18.7. The fourth-order valence-corrected chi connectivity index (χ4v) is 6.68. The number of H-pyrrole nitrogens is 1. The number of anilines is 1. The van der Waals surface area contributed by atoms with Crippen molar-refractivity contribution in [3.8, 4) is 0 Å². The average Bonchev–Trinajstić information content (AvgIpc) is 3.46. The maximum atomic E-state index is 13.7. The predicted octanol–water partition coefficient (Wildman–Crippen LogP) is 6.12. The van der Waals surface area contributed by atoms with Gasteiger partial charge in [-0.2, -0.15) is 0 Å². The monoisotopic (exact) mass is 600 g/mol. The molecular formula is C28H23Cl3N4O3S. The maximum Gasteiger partial charge on any atom is 0.250 e. The van der Waals surface area contributed by atoms with Gasteiger partial charge in [0.05, 0.1) is 31.6 Å².